The fraction of sp³-hybridized carbons (Fsp3) is 0.235. The van der Waals surface area contributed by atoms with Crippen molar-refractivity contribution in [1.29, 1.82) is 0 Å². The monoisotopic (exact) mass is 330 g/mol. The van der Waals surface area contributed by atoms with Gasteiger partial charge in [0.2, 0.25) is 0 Å². The van der Waals surface area contributed by atoms with Crippen LogP contribution in [0, 0.1) is 13.8 Å². The molecular formula is C17H18N2O3S. The Morgan fingerprint density at radius 3 is 2.78 bits per heavy atom. The van der Waals surface area contributed by atoms with Crippen LogP contribution in [0.1, 0.15) is 11.1 Å². The Hall–Kier alpha value is -2.34. The molecule has 0 aliphatic carbocycles. The summed E-state index contributed by atoms with van der Waals surface area (Å²) in [6, 6.07) is 5.82. The fourth-order valence-electron chi connectivity index (χ4n) is 2.16. The highest BCUT2D eigenvalue weighted by Crippen LogP contribution is 2.36. The van der Waals surface area contributed by atoms with Gasteiger partial charge in [-0.15, -0.1) is 6.58 Å². The van der Waals surface area contributed by atoms with Gasteiger partial charge in [0, 0.05) is 6.08 Å². The molecule has 120 valence electrons. The molecule has 1 aliphatic heterocycles. The van der Waals surface area contributed by atoms with E-state index in [4.69, 9.17) is 0 Å². The maximum absolute atomic E-state index is 12.7. The third kappa shape index (κ3) is 3.71. The number of hydrogen-bond donors (Lipinski definition) is 0. The topological polar surface area (TPSA) is 59.0 Å². The Kier molecular flexibility index (Phi) is 5.39. The van der Waals surface area contributed by atoms with Crippen molar-refractivity contribution in [3.05, 3.63) is 53.0 Å². The molecular weight excluding hydrogens is 312 g/mol. The summed E-state index contributed by atoms with van der Waals surface area (Å²) in [6.45, 7) is 7.96. The third-order valence-corrected chi connectivity index (χ3v) is 4.21. The van der Waals surface area contributed by atoms with Crippen molar-refractivity contribution in [2.24, 2.45) is 4.99 Å². The first kappa shape index (κ1) is 17.0. The van der Waals surface area contributed by atoms with Gasteiger partial charge in [0.05, 0.1) is 24.2 Å². The third-order valence-electron chi connectivity index (χ3n) is 3.21. The number of carbonyl (C=O) groups excluding carboxylic acids is 2. The molecule has 1 aromatic rings. The normalized spacial score (nSPS) is 17.9. The van der Waals surface area contributed by atoms with E-state index in [0.29, 0.717) is 16.6 Å². The number of rotatable bonds is 4. The Labute approximate surface area is 139 Å². The summed E-state index contributed by atoms with van der Waals surface area (Å²) in [5.41, 5.74) is 2.83. The molecule has 5 nitrogen and oxygen atoms in total. The SMILES string of the molecule is C=CCN=C1S/C(=C/C(=O)OC)C(=O)N1c1ccc(C)cc1C. The van der Waals surface area contributed by atoms with Gasteiger partial charge in [-0.05, 0) is 37.2 Å². The van der Waals surface area contributed by atoms with Gasteiger partial charge >= 0.3 is 5.97 Å². The molecule has 2 rings (SSSR count). The molecule has 0 saturated carbocycles. The van der Waals surface area contributed by atoms with Gasteiger partial charge in [0.25, 0.3) is 5.91 Å². The van der Waals surface area contributed by atoms with E-state index in [1.54, 1.807) is 6.08 Å². The minimum absolute atomic E-state index is 0.282. The van der Waals surface area contributed by atoms with Crippen molar-refractivity contribution >= 4 is 34.5 Å². The first-order valence-electron chi connectivity index (χ1n) is 7.02. The van der Waals surface area contributed by atoms with Crippen LogP contribution in [-0.2, 0) is 14.3 Å². The molecule has 0 aromatic heterocycles. The lowest BCUT2D eigenvalue weighted by atomic mass is 10.1. The number of ether oxygens (including phenoxy) is 1. The van der Waals surface area contributed by atoms with E-state index >= 15 is 0 Å². The largest absolute Gasteiger partial charge is 0.466 e. The van der Waals surface area contributed by atoms with E-state index in [2.05, 4.69) is 16.3 Å². The predicted octanol–water partition coefficient (Wildman–Crippen LogP) is 2.98. The lowest BCUT2D eigenvalue weighted by molar-refractivity contribution is -0.135. The first-order chi connectivity index (χ1) is 11.0. The second kappa shape index (κ2) is 7.28. The van der Waals surface area contributed by atoms with Crippen LogP contribution in [0.2, 0.25) is 0 Å². The van der Waals surface area contributed by atoms with Crippen molar-refractivity contribution in [2.45, 2.75) is 13.8 Å². The summed E-state index contributed by atoms with van der Waals surface area (Å²) in [7, 11) is 1.28. The highest BCUT2D eigenvalue weighted by molar-refractivity contribution is 8.19. The van der Waals surface area contributed by atoms with Crippen molar-refractivity contribution in [1.82, 2.24) is 0 Å². The number of benzene rings is 1. The van der Waals surface area contributed by atoms with Crippen LogP contribution in [0.25, 0.3) is 0 Å². The smallest absolute Gasteiger partial charge is 0.331 e. The summed E-state index contributed by atoms with van der Waals surface area (Å²) >= 11 is 1.16. The Morgan fingerprint density at radius 1 is 1.43 bits per heavy atom. The van der Waals surface area contributed by atoms with Gasteiger partial charge in [-0.25, -0.2) is 4.79 Å². The molecule has 0 bridgehead atoms. The van der Waals surface area contributed by atoms with Crippen LogP contribution in [0.3, 0.4) is 0 Å². The number of nitrogens with zero attached hydrogens (tertiary/aromatic N) is 2. The summed E-state index contributed by atoms with van der Waals surface area (Å²) in [5.74, 6) is -0.846. The minimum Gasteiger partial charge on any atom is -0.466 e. The molecule has 6 heteroatoms. The van der Waals surface area contributed by atoms with E-state index in [1.165, 1.54) is 18.1 Å². The number of aliphatic imine (C=N–C) groups is 1. The summed E-state index contributed by atoms with van der Waals surface area (Å²) in [5, 5.41) is 0.525. The molecule has 0 unspecified atom stereocenters. The second-order valence-electron chi connectivity index (χ2n) is 4.98. The lowest BCUT2D eigenvalue weighted by Crippen LogP contribution is -2.29. The minimum atomic E-state index is -0.564. The molecule has 1 aromatic carbocycles. The van der Waals surface area contributed by atoms with E-state index in [9.17, 15) is 9.59 Å². The molecule has 0 N–H and O–H groups in total. The molecule has 1 amide bonds. The van der Waals surface area contributed by atoms with E-state index in [-0.39, 0.29) is 5.91 Å². The number of aryl methyl sites for hydroxylation is 2. The predicted molar refractivity (Wildman–Crippen MR) is 93.6 cm³/mol. The van der Waals surface area contributed by atoms with Gasteiger partial charge in [0.15, 0.2) is 5.17 Å². The Balaban J connectivity index is 2.48. The summed E-state index contributed by atoms with van der Waals surface area (Å²) < 4.78 is 4.60. The number of amidine groups is 1. The van der Waals surface area contributed by atoms with E-state index < -0.39 is 5.97 Å². The molecule has 1 fully saturated rings. The average Bonchev–Trinajstić information content (AvgIpc) is 2.81. The molecule has 0 radical (unpaired) electrons. The standard InChI is InChI=1S/C17H18N2O3S/c1-5-8-18-17-19(13-7-6-11(2)9-12(13)3)16(21)14(23-17)10-15(20)22-4/h5-7,9-10H,1,8H2,2-4H3/b14-10+,18-17?. The van der Waals surface area contributed by atoms with Crippen LogP contribution in [0.4, 0.5) is 5.69 Å². The van der Waals surface area contributed by atoms with Crippen molar-refractivity contribution in [2.75, 3.05) is 18.6 Å². The number of hydrogen-bond acceptors (Lipinski definition) is 5. The number of esters is 1. The zero-order valence-electron chi connectivity index (χ0n) is 13.3. The number of methoxy groups -OCH3 is 1. The van der Waals surface area contributed by atoms with Gasteiger partial charge < -0.3 is 4.74 Å². The van der Waals surface area contributed by atoms with E-state index in [0.717, 1.165) is 28.6 Å². The van der Waals surface area contributed by atoms with E-state index in [1.807, 2.05) is 32.0 Å². The van der Waals surface area contributed by atoms with Crippen LogP contribution in [-0.4, -0.2) is 30.7 Å². The molecule has 1 aliphatic rings. The molecule has 1 heterocycles. The van der Waals surface area contributed by atoms with Gasteiger partial charge in [-0.2, -0.15) is 0 Å². The van der Waals surface area contributed by atoms with Crippen LogP contribution in [0.15, 0.2) is 46.8 Å². The maximum Gasteiger partial charge on any atom is 0.331 e. The molecule has 1 saturated heterocycles. The zero-order chi connectivity index (χ0) is 17.0. The number of carbonyl (C=O) groups is 2. The highest BCUT2D eigenvalue weighted by Gasteiger charge is 2.35. The average molecular weight is 330 g/mol. The highest BCUT2D eigenvalue weighted by atomic mass is 32.2. The number of amides is 1. The number of anilines is 1. The Bertz CT molecular complexity index is 723. The van der Waals surface area contributed by atoms with Crippen molar-refractivity contribution < 1.29 is 14.3 Å². The zero-order valence-corrected chi connectivity index (χ0v) is 14.1. The van der Waals surface area contributed by atoms with Gasteiger partial charge in [-0.3, -0.25) is 14.7 Å². The van der Waals surface area contributed by atoms with Crippen LogP contribution < -0.4 is 4.90 Å². The first-order valence-corrected chi connectivity index (χ1v) is 7.84. The van der Waals surface area contributed by atoms with Crippen LogP contribution in [0.5, 0.6) is 0 Å². The quantitative estimate of drug-likeness (QED) is 0.484. The lowest BCUT2D eigenvalue weighted by Gasteiger charge is -2.18. The van der Waals surface area contributed by atoms with Crippen molar-refractivity contribution in [3.63, 3.8) is 0 Å². The summed E-state index contributed by atoms with van der Waals surface area (Å²) in [6.07, 6.45) is 2.85. The molecule has 0 spiro atoms. The molecule has 0 atom stereocenters. The van der Waals surface area contributed by atoms with Crippen molar-refractivity contribution in [3.8, 4) is 0 Å². The summed E-state index contributed by atoms with van der Waals surface area (Å²) in [4.78, 5) is 30.3. The maximum atomic E-state index is 12.7. The number of thioether (sulfide) groups is 1. The fourth-order valence-corrected chi connectivity index (χ4v) is 3.10. The van der Waals surface area contributed by atoms with Crippen LogP contribution >= 0.6 is 11.8 Å². The van der Waals surface area contributed by atoms with Gasteiger partial charge in [-0.1, -0.05) is 23.8 Å². The second-order valence-corrected chi connectivity index (χ2v) is 5.99. The van der Waals surface area contributed by atoms with Gasteiger partial charge in [0.1, 0.15) is 0 Å². The Morgan fingerprint density at radius 2 is 2.17 bits per heavy atom. The molecule has 23 heavy (non-hydrogen) atoms.